The predicted octanol–water partition coefficient (Wildman–Crippen LogP) is 14.5. The van der Waals surface area contributed by atoms with Gasteiger partial charge in [0.25, 0.3) is 0 Å². The van der Waals surface area contributed by atoms with Gasteiger partial charge < -0.3 is 8.83 Å². The minimum Gasteiger partial charge on any atom is -0.464 e. The fraction of sp³-hybridized carbons (Fsp3) is 0. The third kappa shape index (κ3) is 4.31. The van der Waals surface area contributed by atoms with Crippen molar-refractivity contribution in [1.29, 1.82) is 0 Å². The number of furan rings is 2. The Kier molecular flexibility index (Phi) is 6.28. The Hall–Kier alpha value is -6.90. The maximum atomic E-state index is 6.36. The van der Waals surface area contributed by atoms with Crippen LogP contribution in [-0.2, 0) is 0 Å². The number of benzene rings is 9. The van der Waals surface area contributed by atoms with Crippen LogP contribution < -0.4 is 0 Å². The van der Waals surface area contributed by atoms with E-state index in [0.29, 0.717) is 0 Å². The van der Waals surface area contributed by atoms with Gasteiger partial charge in [0.15, 0.2) is 0 Å². The van der Waals surface area contributed by atoms with Crippen molar-refractivity contribution in [3.63, 3.8) is 0 Å². The molecule has 52 heavy (non-hydrogen) atoms. The van der Waals surface area contributed by atoms with Gasteiger partial charge in [-0.15, -0.1) is 0 Å². The second-order valence-corrected chi connectivity index (χ2v) is 13.6. The summed E-state index contributed by atoms with van der Waals surface area (Å²) in [6.45, 7) is 0. The molecule has 0 aliphatic heterocycles. The highest BCUT2D eigenvalue weighted by Gasteiger charge is 2.22. The molecule has 0 spiro atoms. The highest BCUT2D eigenvalue weighted by molar-refractivity contribution is 6.24. The van der Waals surface area contributed by atoms with E-state index < -0.39 is 0 Å². The molecular weight excluding hydrogens is 633 g/mol. The Morgan fingerprint density at radius 2 is 0.788 bits per heavy atom. The molecular formula is C50H30O2. The van der Waals surface area contributed by atoms with Crippen LogP contribution in [0.25, 0.3) is 110 Å². The van der Waals surface area contributed by atoms with Crippen LogP contribution in [0.15, 0.2) is 191 Å². The number of hydrogen-bond donors (Lipinski definition) is 0. The van der Waals surface area contributed by atoms with Crippen LogP contribution in [0.4, 0.5) is 0 Å². The smallest absolute Gasteiger partial charge is 0.136 e. The average molecular weight is 663 g/mol. The van der Waals surface area contributed by atoms with E-state index in [0.717, 1.165) is 49.6 Å². The van der Waals surface area contributed by atoms with E-state index in [9.17, 15) is 0 Å². The van der Waals surface area contributed by atoms with Crippen molar-refractivity contribution >= 4 is 65.2 Å². The van der Waals surface area contributed by atoms with Crippen molar-refractivity contribution in [3.8, 4) is 44.5 Å². The number of para-hydroxylation sites is 2. The third-order valence-corrected chi connectivity index (χ3v) is 10.7. The molecule has 0 atom stereocenters. The molecule has 0 saturated carbocycles. The summed E-state index contributed by atoms with van der Waals surface area (Å²) in [7, 11) is 0. The highest BCUT2D eigenvalue weighted by Crippen LogP contribution is 2.49. The lowest BCUT2D eigenvalue weighted by molar-refractivity contribution is 0.617. The molecule has 2 heterocycles. The zero-order valence-electron chi connectivity index (χ0n) is 28.1. The van der Waals surface area contributed by atoms with Crippen LogP contribution in [-0.4, -0.2) is 0 Å². The van der Waals surface area contributed by atoms with Crippen LogP contribution in [0, 0.1) is 0 Å². The van der Waals surface area contributed by atoms with Gasteiger partial charge in [-0.2, -0.15) is 0 Å². The maximum Gasteiger partial charge on any atom is 0.136 e. The Morgan fingerprint density at radius 3 is 1.48 bits per heavy atom. The molecule has 9 aromatic carbocycles. The highest BCUT2D eigenvalue weighted by atomic mass is 16.3. The first-order valence-electron chi connectivity index (χ1n) is 17.7. The SMILES string of the molecule is c1ccc(-c2c3ccccc3c(-c3cc4ccccc4cc3-c3coc4ccccc34)c3ccccc23)c(-c2ccc3c(c2)oc2ccccc23)c1. The molecule has 2 aromatic heterocycles. The van der Waals surface area contributed by atoms with E-state index in [1.807, 2.05) is 30.5 Å². The maximum absolute atomic E-state index is 6.36. The van der Waals surface area contributed by atoms with Gasteiger partial charge >= 0.3 is 0 Å². The topological polar surface area (TPSA) is 26.3 Å². The molecule has 0 saturated heterocycles. The van der Waals surface area contributed by atoms with Crippen LogP contribution in [0.1, 0.15) is 0 Å². The summed E-state index contributed by atoms with van der Waals surface area (Å²) in [6, 6.07) is 63.2. The van der Waals surface area contributed by atoms with Crippen molar-refractivity contribution < 1.29 is 8.83 Å². The van der Waals surface area contributed by atoms with Gasteiger partial charge in [-0.3, -0.25) is 0 Å². The van der Waals surface area contributed by atoms with Crippen molar-refractivity contribution in [2.45, 2.75) is 0 Å². The lowest BCUT2D eigenvalue weighted by Crippen LogP contribution is -1.94. The van der Waals surface area contributed by atoms with Crippen molar-refractivity contribution in [3.05, 3.63) is 182 Å². The molecule has 0 unspecified atom stereocenters. The zero-order valence-corrected chi connectivity index (χ0v) is 28.1. The van der Waals surface area contributed by atoms with Gasteiger partial charge in [-0.25, -0.2) is 0 Å². The number of fused-ring (bicyclic) bond motifs is 7. The second-order valence-electron chi connectivity index (χ2n) is 13.6. The van der Waals surface area contributed by atoms with Gasteiger partial charge in [0.1, 0.15) is 16.7 Å². The van der Waals surface area contributed by atoms with Crippen molar-refractivity contribution in [1.82, 2.24) is 0 Å². The minimum absolute atomic E-state index is 0.888. The quantitative estimate of drug-likeness (QED) is 0.175. The first kappa shape index (κ1) is 28.9. The molecule has 242 valence electrons. The Labute approximate surface area is 299 Å². The lowest BCUT2D eigenvalue weighted by atomic mass is 9.81. The van der Waals surface area contributed by atoms with Gasteiger partial charge in [0.2, 0.25) is 0 Å². The fourth-order valence-electron chi connectivity index (χ4n) is 8.41. The molecule has 0 radical (unpaired) electrons. The van der Waals surface area contributed by atoms with Crippen LogP contribution in [0.5, 0.6) is 0 Å². The molecule has 0 N–H and O–H groups in total. The zero-order chi connectivity index (χ0) is 34.2. The number of hydrogen-bond acceptors (Lipinski definition) is 2. The standard InChI is InChI=1S/C50H30O2/c1-2-14-32-28-44(43(27-31(32)13-1)45-30-51-46-23-11-9-17-36(45)46)50-41-21-7-5-19-39(41)49(40-20-6-8-22-42(40)50)38-18-4-3-15-34(38)33-25-26-37-35-16-10-12-24-47(35)52-48(37)29-33/h1-30H. The summed E-state index contributed by atoms with van der Waals surface area (Å²) in [5.74, 6) is 0. The lowest BCUT2D eigenvalue weighted by Gasteiger charge is -2.21. The van der Waals surface area contributed by atoms with Gasteiger partial charge in [0, 0.05) is 21.7 Å². The first-order valence-corrected chi connectivity index (χ1v) is 17.7. The van der Waals surface area contributed by atoms with E-state index in [4.69, 9.17) is 8.83 Å². The number of rotatable bonds is 4. The van der Waals surface area contributed by atoms with E-state index in [1.54, 1.807) is 0 Å². The molecule has 0 bridgehead atoms. The summed E-state index contributed by atoms with van der Waals surface area (Å²) in [4.78, 5) is 0. The van der Waals surface area contributed by atoms with Gasteiger partial charge in [-0.1, -0.05) is 140 Å². The Bertz CT molecular complexity index is 3140. The fourth-order valence-corrected chi connectivity index (χ4v) is 8.41. The van der Waals surface area contributed by atoms with Crippen LogP contribution >= 0.6 is 0 Å². The minimum atomic E-state index is 0.888. The van der Waals surface area contributed by atoms with Gasteiger partial charge in [0.05, 0.1) is 6.26 Å². The molecule has 0 amide bonds. The molecule has 2 nitrogen and oxygen atoms in total. The summed E-state index contributed by atoms with van der Waals surface area (Å²) in [5, 5.41) is 10.6. The van der Waals surface area contributed by atoms with Gasteiger partial charge in [-0.05, 0) is 108 Å². The van der Waals surface area contributed by atoms with E-state index in [2.05, 4.69) is 152 Å². The monoisotopic (exact) mass is 662 g/mol. The van der Waals surface area contributed by atoms with E-state index >= 15 is 0 Å². The molecule has 0 aliphatic carbocycles. The van der Waals surface area contributed by atoms with Crippen molar-refractivity contribution in [2.75, 3.05) is 0 Å². The van der Waals surface area contributed by atoms with E-state index in [1.165, 1.54) is 60.1 Å². The predicted molar refractivity (Wildman–Crippen MR) is 218 cm³/mol. The molecule has 11 aromatic rings. The summed E-state index contributed by atoms with van der Waals surface area (Å²) in [5.41, 5.74) is 12.1. The van der Waals surface area contributed by atoms with Crippen LogP contribution in [0.3, 0.4) is 0 Å². The van der Waals surface area contributed by atoms with Crippen LogP contribution in [0.2, 0.25) is 0 Å². The molecule has 0 fully saturated rings. The Balaban J connectivity index is 1.22. The summed E-state index contributed by atoms with van der Waals surface area (Å²) < 4.78 is 12.5. The second kappa shape index (κ2) is 11.3. The molecule has 0 aliphatic rings. The molecule has 2 heteroatoms. The largest absolute Gasteiger partial charge is 0.464 e. The van der Waals surface area contributed by atoms with Crippen molar-refractivity contribution in [2.24, 2.45) is 0 Å². The summed E-state index contributed by atoms with van der Waals surface area (Å²) in [6.07, 6.45) is 1.92. The van der Waals surface area contributed by atoms with E-state index in [-0.39, 0.29) is 0 Å². The average Bonchev–Trinajstić information content (AvgIpc) is 3.81. The summed E-state index contributed by atoms with van der Waals surface area (Å²) >= 11 is 0. The Morgan fingerprint density at radius 1 is 0.288 bits per heavy atom. The normalized spacial score (nSPS) is 11.8. The first-order chi connectivity index (χ1) is 25.8. The molecule has 11 rings (SSSR count). The third-order valence-electron chi connectivity index (χ3n) is 10.7.